The second-order valence-electron chi connectivity index (χ2n) is 9.28. The summed E-state index contributed by atoms with van der Waals surface area (Å²) < 4.78 is 5.69. The number of benzene rings is 1. The topological polar surface area (TPSA) is 9.23 Å². The van der Waals surface area contributed by atoms with Gasteiger partial charge in [0, 0.05) is 16.9 Å². The van der Waals surface area contributed by atoms with E-state index in [1.54, 1.807) is 28.7 Å². The van der Waals surface area contributed by atoms with Crippen LogP contribution in [0.5, 0.6) is 0 Å². The van der Waals surface area contributed by atoms with E-state index in [-0.39, 0.29) is 0 Å². The standard InChI is InChI=1S/C25H38OS/c1-26-27-25-23(20-13-7-3-8-14-20)17-22(19-11-5-2-6-12-19)18-24(25)21-15-9-4-10-16-21/h17-21H,2-16H2,1H3. The molecule has 0 radical (unpaired) electrons. The van der Waals surface area contributed by atoms with Crippen LogP contribution in [-0.2, 0) is 4.18 Å². The van der Waals surface area contributed by atoms with E-state index < -0.39 is 0 Å². The molecule has 3 fully saturated rings. The predicted molar refractivity (Wildman–Crippen MR) is 117 cm³/mol. The minimum Gasteiger partial charge on any atom is -0.314 e. The van der Waals surface area contributed by atoms with Gasteiger partial charge in [-0.1, -0.05) is 69.9 Å². The molecule has 3 saturated carbocycles. The molecule has 3 aliphatic rings. The summed E-state index contributed by atoms with van der Waals surface area (Å²) in [6.07, 6.45) is 21.2. The molecule has 2 heteroatoms. The fraction of sp³-hybridized carbons (Fsp3) is 0.760. The zero-order chi connectivity index (χ0) is 18.5. The molecule has 0 saturated heterocycles. The smallest absolute Gasteiger partial charge is 0.0508 e. The fourth-order valence-electron chi connectivity index (χ4n) is 5.98. The Morgan fingerprint density at radius 2 is 1.04 bits per heavy atom. The normalized spacial score (nSPS) is 23.6. The van der Waals surface area contributed by atoms with E-state index in [2.05, 4.69) is 12.1 Å². The molecule has 1 aromatic carbocycles. The van der Waals surface area contributed by atoms with Crippen molar-refractivity contribution in [3.05, 3.63) is 28.8 Å². The third kappa shape index (κ3) is 4.75. The van der Waals surface area contributed by atoms with Gasteiger partial charge in [0.25, 0.3) is 0 Å². The largest absolute Gasteiger partial charge is 0.314 e. The van der Waals surface area contributed by atoms with Gasteiger partial charge in [-0.05, 0) is 73.0 Å². The Morgan fingerprint density at radius 3 is 1.44 bits per heavy atom. The maximum Gasteiger partial charge on any atom is 0.0508 e. The lowest BCUT2D eigenvalue weighted by Crippen LogP contribution is -2.14. The molecule has 4 rings (SSSR count). The lowest BCUT2D eigenvalue weighted by molar-refractivity contribution is 0.418. The Balaban J connectivity index is 1.75. The van der Waals surface area contributed by atoms with Crippen molar-refractivity contribution in [1.29, 1.82) is 0 Å². The van der Waals surface area contributed by atoms with Crippen molar-refractivity contribution < 1.29 is 4.18 Å². The van der Waals surface area contributed by atoms with Crippen molar-refractivity contribution in [3.63, 3.8) is 0 Å². The Bertz CT molecular complexity index is 553. The maximum atomic E-state index is 5.69. The van der Waals surface area contributed by atoms with Crippen LogP contribution in [0.25, 0.3) is 0 Å². The highest BCUT2D eigenvalue weighted by Gasteiger charge is 2.28. The first-order valence-corrected chi connectivity index (χ1v) is 12.5. The Labute approximate surface area is 171 Å². The van der Waals surface area contributed by atoms with E-state index >= 15 is 0 Å². The van der Waals surface area contributed by atoms with Crippen LogP contribution in [0, 0.1) is 0 Å². The van der Waals surface area contributed by atoms with E-state index in [0.29, 0.717) is 0 Å². The van der Waals surface area contributed by atoms with Gasteiger partial charge in [-0.2, -0.15) is 0 Å². The zero-order valence-electron chi connectivity index (χ0n) is 17.3. The van der Waals surface area contributed by atoms with Gasteiger partial charge < -0.3 is 4.18 Å². The van der Waals surface area contributed by atoms with E-state index in [4.69, 9.17) is 4.18 Å². The predicted octanol–water partition coefficient (Wildman–Crippen LogP) is 8.48. The molecule has 3 aliphatic carbocycles. The van der Waals surface area contributed by atoms with Crippen LogP contribution < -0.4 is 0 Å². The van der Waals surface area contributed by atoms with Gasteiger partial charge in [-0.3, -0.25) is 0 Å². The first-order valence-electron chi connectivity index (χ1n) is 11.7. The van der Waals surface area contributed by atoms with Gasteiger partial charge >= 0.3 is 0 Å². The first-order chi connectivity index (χ1) is 13.4. The third-order valence-corrected chi connectivity index (χ3v) is 8.31. The van der Waals surface area contributed by atoms with E-state index in [1.165, 1.54) is 101 Å². The van der Waals surface area contributed by atoms with E-state index in [0.717, 1.165) is 17.8 Å². The summed E-state index contributed by atoms with van der Waals surface area (Å²) in [6, 6.07) is 5.28. The minimum absolute atomic E-state index is 0.766. The molecule has 0 N–H and O–H groups in total. The maximum absolute atomic E-state index is 5.69. The van der Waals surface area contributed by atoms with Gasteiger partial charge in [0.1, 0.15) is 0 Å². The van der Waals surface area contributed by atoms with Crippen molar-refractivity contribution in [2.24, 2.45) is 0 Å². The molecule has 0 aromatic heterocycles. The van der Waals surface area contributed by atoms with Crippen LogP contribution in [0.1, 0.15) is 131 Å². The van der Waals surface area contributed by atoms with Crippen LogP contribution in [0.3, 0.4) is 0 Å². The highest BCUT2D eigenvalue weighted by Crippen LogP contribution is 2.47. The molecule has 0 spiro atoms. The molecule has 0 amide bonds. The first kappa shape index (κ1) is 19.8. The van der Waals surface area contributed by atoms with Crippen molar-refractivity contribution in [3.8, 4) is 0 Å². The SMILES string of the molecule is COSc1c(C2CCCCC2)cc(C2CCCCC2)cc1C1CCCCC1. The third-order valence-electron chi connectivity index (χ3n) is 7.50. The van der Waals surface area contributed by atoms with Crippen LogP contribution in [0.15, 0.2) is 17.0 Å². The van der Waals surface area contributed by atoms with Crippen molar-refractivity contribution in [2.75, 3.05) is 7.11 Å². The summed E-state index contributed by atoms with van der Waals surface area (Å²) in [5, 5.41) is 0. The number of hydrogen-bond acceptors (Lipinski definition) is 2. The second kappa shape index (κ2) is 9.83. The summed E-state index contributed by atoms with van der Waals surface area (Å²) in [5.74, 6) is 2.34. The summed E-state index contributed by atoms with van der Waals surface area (Å²) >= 11 is 1.67. The van der Waals surface area contributed by atoms with Crippen LogP contribution in [0.2, 0.25) is 0 Å². The van der Waals surface area contributed by atoms with Crippen LogP contribution >= 0.6 is 12.0 Å². The second-order valence-corrected chi connectivity index (χ2v) is 10.2. The molecule has 0 atom stereocenters. The van der Waals surface area contributed by atoms with E-state index in [1.807, 2.05) is 7.11 Å². The average Bonchev–Trinajstić information content (AvgIpc) is 2.76. The van der Waals surface area contributed by atoms with E-state index in [9.17, 15) is 0 Å². The van der Waals surface area contributed by atoms with Gasteiger partial charge in [0.05, 0.1) is 7.11 Å². The molecule has 0 heterocycles. The molecule has 27 heavy (non-hydrogen) atoms. The quantitative estimate of drug-likeness (QED) is 0.469. The minimum atomic E-state index is 0.766. The molecule has 1 aromatic rings. The van der Waals surface area contributed by atoms with Gasteiger partial charge in [0.15, 0.2) is 0 Å². The monoisotopic (exact) mass is 386 g/mol. The summed E-state index contributed by atoms with van der Waals surface area (Å²) in [4.78, 5) is 1.51. The highest BCUT2D eigenvalue weighted by molar-refractivity contribution is 7.94. The summed E-state index contributed by atoms with van der Waals surface area (Å²) in [7, 11) is 1.86. The summed E-state index contributed by atoms with van der Waals surface area (Å²) in [6.45, 7) is 0. The molecular formula is C25H38OS. The van der Waals surface area contributed by atoms with Crippen molar-refractivity contribution in [1.82, 2.24) is 0 Å². The number of hydrogen-bond donors (Lipinski definition) is 0. The molecule has 0 bridgehead atoms. The average molecular weight is 387 g/mol. The summed E-state index contributed by atoms with van der Waals surface area (Å²) in [5.41, 5.74) is 4.99. The molecule has 1 nitrogen and oxygen atoms in total. The zero-order valence-corrected chi connectivity index (χ0v) is 18.1. The van der Waals surface area contributed by atoms with Gasteiger partial charge in [-0.15, -0.1) is 0 Å². The number of rotatable bonds is 5. The Hall–Kier alpha value is -0.470. The molecule has 150 valence electrons. The van der Waals surface area contributed by atoms with Gasteiger partial charge in [-0.25, -0.2) is 0 Å². The van der Waals surface area contributed by atoms with Crippen LogP contribution in [0.4, 0.5) is 0 Å². The lowest BCUT2D eigenvalue weighted by Gasteiger charge is -2.32. The van der Waals surface area contributed by atoms with Gasteiger partial charge in [0.2, 0.25) is 0 Å². The van der Waals surface area contributed by atoms with Crippen LogP contribution in [-0.4, -0.2) is 7.11 Å². The van der Waals surface area contributed by atoms with Crippen molar-refractivity contribution >= 4 is 12.0 Å². The Morgan fingerprint density at radius 1 is 0.630 bits per heavy atom. The molecular weight excluding hydrogens is 348 g/mol. The Kier molecular flexibility index (Phi) is 7.22. The fourth-order valence-corrected chi connectivity index (χ4v) is 6.79. The molecule has 0 unspecified atom stereocenters. The molecule has 0 aliphatic heterocycles. The lowest BCUT2D eigenvalue weighted by atomic mass is 9.76. The van der Waals surface area contributed by atoms with Crippen molar-refractivity contribution in [2.45, 2.75) is 119 Å². The highest BCUT2D eigenvalue weighted by atomic mass is 32.2.